The number of rotatable bonds is 7. The zero-order valence-electron chi connectivity index (χ0n) is 11.3. The Bertz CT molecular complexity index is 375. The van der Waals surface area contributed by atoms with E-state index in [4.69, 9.17) is 0 Å². The van der Waals surface area contributed by atoms with Gasteiger partial charge in [0.2, 0.25) is 0 Å². The molecule has 2 rings (SSSR count). The highest BCUT2D eigenvalue weighted by atomic mass is 19.1. The van der Waals surface area contributed by atoms with Gasteiger partial charge in [0.1, 0.15) is 6.17 Å². The molecule has 100 valence electrons. The number of nitrogens with one attached hydrogen (secondary N) is 1. The quantitative estimate of drug-likeness (QED) is 0.669. The van der Waals surface area contributed by atoms with E-state index in [1.807, 2.05) is 12.1 Å². The summed E-state index contributed by atoms with van der Waals surface area (Å²) in [5.74, 6) is 0. The fraction of sp³-hybridized carbons (Fsp3) is 0.625. The van der Waals surface area contributed by atoms with E-state index in [0.29, 0.717) is 6.42 Å². The molecule has 0 saturated heterocycles. The molecule has 1 N–H and O–H groups in total. The van der Waals surface area contributed by atoms with Crippen molar-refractivity contribution in [1.82, 2.24) is 0 Å². The van der Waals surface area contributed by atoms with Gasteiger partial charge in [-0.25, -0.2) is 4.39 Å². The van der Waals surface area contributed by atoms with Gasteiger partial charge in [0.25, 0.3) is 0 Å². The predicted molar refractivity (Wildman–Crippen MR) is 75.9 cm³/mol. The van der Waals surface area contributed by atoms with Crippen LogP contribution in [0.2, 0.25) is 0 Å². The SMILES string of the molecule is CCCCCCCC(F)c1cccc2c1NCC2. The van der Waals surface area contributed by atoms with E-state index in [1.165, 1.54) is 24.8 Å². The number of anilines is 1. The van der Waals surface area contributed by atoms with Crippen LogP contribution in [-0.4, -0.2) is 6.54 Å². The zero-order valence-corrected chi connectivity index (χ0v) is 11.3. The summed E-state index contributed by atoms with van der Waals surface area (Å²) in [6, 6.07) is 6.03. The highest BCUT2D eigenvalue weighted by Crippen LogP contribution is 2.35. The Hall–Kier alpha value is -1.05. The second-order valence-electron chi connectivity index (χ2n) is 5.23. The van der Waals surface area contributed by atoms with Crippen LogP contribution in [0.1, 0.15) is 62.7 Å². The van der Waals surface area contributed by atoms with Gasteiger partial charge in [-0.1, -0.05) is 57.2 Å². The summed E-state index contributed by atoms with van der Waals surface area (Å²) in [6.45, 7) is 3.16. The Morgan fingerprint density at radius 2 is 2.06 bits per heavy atom. The maximum Gasteiger partial charge on any atom is 0.127 e. The highest BCUT2D eigenvalue weighted by molar-refractivity contribution is 5.61. The molecule has 0 radical (unpaired) electrons. The largest absolute Gasteiger partial charge is 0.384 e. The van der Waals surface area contributed by atoms with Gasteiger partial charge >= 0.3 is 0 Å². The molecule has 1 aromatic carbocycles. The van der Waals surface area contributed by atoms with Gasteiger partial charge in [0, 0.05) is 17.8 Å². The molecule has 1 aromatic rings. The second-order valence-corrected chi connectivity index (χ2v) is 5.23. The molecule has 1 heterocycles. The van der Waals surface area contributed by atoms with Crippen LogP contribution in [0.5, 0.6) is 0 Å². The number of halogens is 1. The van der Waals surface area contributed by atoms with Crippen molar-refractivity contribution in [2.75, 3.05) is 11.9 Å². The Morgan fingerprint density at radius 3 is 2.89 bits per heavy atom. The van der Waals surface area contributed by atoms with Crippen LogP contribution in [0.25, 0.3) is 0 Å². The monoisotopic (exact) mass is 249 g/mol. The first kappa shape index (κ1) is 13.4. The molecule has 1 nitrogen and oxygen atoms in total. The van der Waals surface area contributed by atoms with Crippen molar-refractivity contribution in [3.8, 4) is 0 Å². The fourth-order valence-electron chi connectivity index (χ4n) is 2.71. The van der Waals surface area contributed by atoms with Crippen LogP contribution in [0.4, 0.5) is 10.1 Å². The third-order valence-electron chi connectivity index (χ3n) is 3.78. The molecule has 0 aliphatic carbocycles. The molecule has 0 spiro atoms. The average molecular weight is 249 g/mol. The van der Waals surface area contributed by atoms with Crippen molar-refractivity contribution >= 4 is 5.69 Å². The summed E-state index contributed by atoms with van der Waals surface area (Å²) in [5.41, 5.74) is 3.22. The first-order chi connectivity index (χ1) is 8.83. The van der Waals surface area contributed by atoms with Crippen molar-refractivity contribution in [2.45, 2.75) is 58.0 Å². The second kappa shape index (κ2) is 6.77. The number of benzene rings is 1. The topological polar surface area (TPSA) is 12.0 Å². The summed E-state index contributed by atoms with van der Waals surface area (Å²) in [5, 5.41) is 3.32. The van der Waals surface area contributed by atoms with E-state index in [2.05, 4.69) is 18.3 Å². The first-order valence-corrected chi connectivity index (χ1v) is 7.32. The molecule has 2 heteroatoms. The third kappa shape index (κ3) is 3.24. The van der Waals surface area contributed by atoms with E-state index in [-0.39, 0.29) is 0 Å². The van der Waals surface area contributed by atoms with Crippen molar-refractivity contribution < 1.29 is 4.39 Å². The van der Waals surface area contributed by atoms with Crippen molar-refractivity contribution in [2.24, 2.45) is 0 Å². The van der Waals surface area contributed by atoms with E-state index in [9.17, 15) is 4.39 Å². The Balaban J connectivity index is 1.85. The van der Waals surface area contributed by atoms with Gasteiger partial charge in [-0.3, -0.25) is 0 Å². The van der Waals surface area contributed by atoms with Gasteiger partial charge in [-0.05, 0) is 18.4 Å². The molecule has 1 aliphatic rings. The molecule has 18 heavy (non-hydrogen) atoms. The first-order valence-electron chi connectivity index (χ1n) is 7.32. The number of hydrogen-bond donors (Lipinski definition) is 1. The summed E-state index contributed by atoms with van der Waals surface area (Å²) in [4.78, 5) is 0. The smallest absolute Gasteiger partial charge is 0.127 e. The summed E-state index contributed by atoms with van der Waals surface area (Å²) < 4.78 is 14.3. The standard InChI is InChI=1S/C16H24FN/c1-2-3-4-5-6-10-15(17)14-9-7-8-13-11-12-18-16(13)14/h7-9,15,18H,2-6,10-12H2,1H3. The lowest BCUT2D eigenvalue weighted by Gasteiger charge is -2.13. The molecule has 0 saturated carbocycles. The van der Waals surface area contributed by atoms with Crippen LogP contribution >= 0.6 is 0 Å². The lowest BCUT2D eigenvalue weighted by molar-refractivity contribution is 0.313. The fourth-order valence-corrected chi connectivity index (χ4v) is 2.71. The van der Waals surface area contributed by atoms with Crippen LogP contribution in [0.15, 0.2) is 18.2 Å². The Labute approximate surface area is 110 Å². The molecule has 0 fully saturated rings. The Kier molecular flexibility index (Phi) is 5.03. The molecule has 0 aromatic heterocycles. The minimum absolute atomic E-state index is 0.668. The lowest BCUT2D eigenvalue weighted by atomic mass is 9.99. The predicted octanol–water partition coefficient (Wildman–Crippen LogP) is 5.03. The molecular weight excluding hydrogens is 225 g/mol. The van der Waals surface area contributed by atoms with Gasteiger partial charge in [-0.2, -0.15) is 0 Å². The van der Waals surface area contributed by atoms with Crippen LogP contribution in [-0.2, 0) is 6.42 Å². The molecule has 1 unspecified atom stereocenters. The van der Waals surface area contributed by atoms with E-state index in [1.54, 1.807) is 0 Å². The van der Waals surface area contributed by atoms with Gasteiger partial charge in [0.05, 0.1) is 0 Å². The van der Waals surface area contributed by atoms with Gasteiger partial charge in [-0.15, -0.1) is 0 Å². The maximum absolute atomic E-state index is 14.3. The van der Waals surface area contributed by atoms with Crippen LogP contribution in [0, 0.1) is 0 Å². The van der Waals surface area contributed by atoms with Crippen molar-refractivity contribution in [3.05, 3.63) is 29.3 Å². The average Bonchev–Trinajstić information content (AvgIpc) is 2.86. The number of fused-ring (bicyclic) bond motifs is 1. The molecule has 1 atom stereocenters. The maximum atomic E-state index is 14.3. The van der Waals surface area contributed by atoms with E-state index < -0.39 is 6.17 Å². The number of unbranched alkanes of at least 4 members (excludes halogenated alkanes) is 4. The van der Waals surface area contributed by atoms with E-state index in [0.717, 1.165) is 37.1 Å². The number of alkyl halides is 1. The molecular formula is C16H24FN. The van der Waals surface area contributed by atoms with E-state index >= 15 is 0 Å². The highest BCUT2D eigenvalue weighted by Gasteiger charge is 2.19. The summed E-state index contributed by atoms with van der Waals surface area (Å²) in [7, 11) is 0. The summed E-state index contributed by atoms with van der Waals surface area (Å²) >= 11 is 0. The Morgan fingerprint density at radius 1 is 1.22 bits per heavy atom. The van der Waals surface area contributed by atoms with Crippen LogP contribution in [0.3, 0.4) is 0 Å². The van der Waals surface area contributed by atoms with Crippen LogP contribution < -0.4 is 5.32 Å². The zero-order chi connectivity index (χ0) is 12.8. The number of para-hydroxylation sites is 1. The number of hydrogen-bond acceptors (Lipinski definition) is 1. The minimum atomic E-state index is -0.799. The van der Waals surface area contributed by atoms with Crippen molar-refractivity contribution in [3.63, 3.8) is 0 Å². The minimum Gasteiger partial charge on any atom is -0.384 e. The normalized spacial score (nSPS) is 15.2. The summed E-state index contributed by atoms with van der Waals surface area (Å²) in [6.07, 6.45) is 6.84. The molecule has 1 aliphatic heterocycles. The molecule has 0 bridgehead atoms. The molecule has 0 amide bonds. The van der Waals surface area contributed by atoms with Gasteiger partial charge in [0.15, 0.2) is 0 Å². The van der Waals surface area contributed by atoms with Crippen molar-refractivity contribution in [1.29, 1.82) is 0 Å². The third-order valence-corrected chi connectivity index (χ3v) is 3.78. The van der Waals surface area contributed by atoms with Gasteiger partial charge < -0.3 is 5.32 Å². The lowest BCUT2D eigenvalue weighted by Crippen LogP contribution is -1.99.